The quantitative estimate of drug-likeness (QED) is 0.359. The lowest BCUT2D eigenvalue weighted by molar-refractivity contribution is -0.122. The van der Waals surface area contributed by atoms with Crippen molar-refractivity contribution in [3.05, 3.63) is 0 Å². The van der Waals surface area contributed by atoms with E-state index in [2.05, 4.69) is 26.1 Å². The van der Waals surface area contributed by atoms with Crippen LogP contribution in [-0.2, 0) is 18.1 Å². The first-order chi connectivity index (χ1) is 12.7. The smallest absolute Gasteiger partial charge is 0.393 e. The Bertz CT molecular complexity index is 376. The molecule has 0 saturated carbocycles. The maximum atomic E-state index is 12.1. The van der Waals surface area contributed by atoms with Crippen LogP contribution >= 0.6 is 0 Å². The molecule has 0 aromatic heterocycles. The third-order valence-electron chi connectivity index (χ3n) is 4.56. The topological polar surface area (TPSA) is 77.0 Å². The van der Waals surface area contributed by atoms with E-state index < -0.39 is 8.80 Å². The molecule has 0 aromatic carbocycles. The van der Waals surface area contributed by atoms with E-state index in [0.717, 1.165) is 31.7 Å². The van der Waals surface area contributed by atoms with Crippen molar-refractivity contribution < 1.29 is 23.2 Å². The molecule has 2 N–H and O–H groups in total. The van der Waals surface area contributed by atoms with E-state index in [9.17, 15) is 9.90 Å². The van der Waals surface area contributed by atoms with Gasteiger partial charge in [0.05, 0.1) is 6.10 Å². The standard InChI is InChI=1S/C20H43NO5Si/c1-7-11-12-18(22)13-14-19(23)21-17-20(5,6)15-16-27(24-8-2,25-9-3)26-10-4/h18,22H,7-17H2,1-6H3,(H,21,23). The van der Waals surface area contributed by atoms with Gasteiger partial charge in [-0.05, 0) is 45.4 Å². The van der Waals surface area contributed by atoms with Crippen LogP contribution in [0.1, 0.15) is 80.1 Å². The first-order valence-electron chi connectivity index (χ1n) is 10.6. The first kappa shape index (κ1) is 26.5. The van der Waals surface area contributed by atoms with Crippen molar-refractivity contribution in [1.82, 2.24) is 5.32 Å². The number of hydrogen-bond donors (Lipinski definition) is 2. The molecule has 0 aromatic rings. The molecule has 0 fully saturated rings. The average molecular weight is 406 g/mol. The molecule has 0 aliphatic rings. The SMILES string of the molecule is CCCCC(O)CCC(=O)NCC(C)(C)CC[Si](OCC)(OCC)OCC. The molecule has 0 aliphatic carbocycles. The summed E-state index contributed by atoms with van der Waals surface area (Å²) in [5.74, 6) is 0.00144. The van der Waals surface area contributed by atoms with Crippen LogP contribution < -0.4 is 5.32 Å². The Kier molecular flexibility index (Phi) is 14.3. The van der Waals surface area contributed by atoms with Crippen LogP contribution in [0.3, 0.4) is 0 Å². The zero-order valence-corrected chi connectivity index (χ0v) is 19.4. The van der Waals surface area contributed by atoms with Crippen LogP contribution in [0.15, 0.2) is 0 Å². The molecule has 0 aliphatic heterocycles. The summed E-state index contributed by atoms with van der Waals surface area (Å²) >= 11 is 0. The van der Waals surface area contributed by atoms with Crippen molar-refractivity contribution in [1.29, 1.82) is 0 Å². The Morgan fingerprint density at radius 1 is 1.04 bits per heavy atom. The van der Waals surface area contributed by atoms with Crippen molar-refractivity contribution in [2.75, 3.05) is 26.4 Å². The summed E-state index contributed by atoms with van der Waals surface area (Å²) in [5.41, 5.74) is -0.0833. The highest BCUT2D eigenvalue weighted by atomic mass is 28.4. The van der Waals surface area contributed by atoms with Crippen molar-refractivity contribution >= 4 is 14.7 Å². The highest BCUT2D eigenvalue weighted by Crippen LogP contribution is 2.28. The van der Waals surface area contributed by atoms with E-state index in [1.807, 2.05) is 20.8 Å². The van der Waals surface area contributed by atoms with Crippen molar-refractivity contribution in [2.45, 2.75) is 92.2 Å². The summed E-state index contributed by atoms with van der Waals surface area (Å²) in [6, 6.07) is 0.737. The maximum absolute atomic E-state index is 12.1. The van der Waals surface area contributed by atoms with E-state index in [4.69, 9.17) is 13.3 Å². The first-order valence-corrected chi connectivity index (χ1v) is 12.5. The van der Waals surface area contributed by atoms with Crippen molar-refractivity contribution in [3.8, 4) is 0 Å². The monoisotopic (exact) mass is 405 g/mol. The lowest BCUT2D eigenvalue weighted by Crippen LogP contribution is -2.47. The van der Waals surface area contributed by atoms with Gasteiger partial charge in [0.1, 0.15) is 0 Å². The number of carbonyl (C=O) groups excluding carboxylic acids is 1. The number of aliphatic hydroxyl groups excluding tert-OH is 1. The molecule has 0 spiro atoms. The zero-order chi connectivity index (χ0) is 20.8. The second kappa shape index (κ2) is 14.5. The lowest BCUT2D eigenvalue weighted by atomic mass is 9.90. The van der Waals surface area contributed by atoms with Crippen LogP contribution in [0.25, 0.3) is 0 Å². The van der Waals surface area contributed by atoms with Gasteiger partial charge in [0, 0.05) is 38.8 Å². The molecule has 1 unspecified atom stereocenters. The number of amides is 1. The van der Waals surface area contributed by atoms with Gasteiger partial charge in [-0.15, -0.1) is 0 Å². The van der Waals surface area contributed by atoms with Gasteiger partial charge >= 0.3 is 8.80 Å². The minimum atomic E-state index is -2.65. The largest absolute Gasteiger partial charge is 0.500 e. The van der Waals surface area contributed by atoms with Gasteiger partial charge in [-0.1, -0.05) is 33.6 Å². The van der Waals surface area contributed by atoms with Crippen LogP contribution in [0.5, 0.6) is 0 Å². The summed E-state index contributed by atoms with van der Waals surface area (Å²) in [4.78, 5) is 12.1. The van der Waals surface area contributed by atoms with Gasteiger partial charge in [0.25, 0.3) is 0 Å². The van der Waals surface area contributed by atoms with E-state index in [-0.39, 0.29) is 17.4 Å². The molecular weight excluding hydrogens is 362 g/mol. The lowest BCUT2D eigenvalue weighted by Gasteiger charge is -2.32. The molecule has 0 heterocycles. The maximum Gasteiger partial charge on any atom is 0.500 e. The van der Waals surface area contributed by atoms with Crippen LogP contribution in [0.4, 0.5) is 0 Å². The highest BCUT2D eigenvalue weighted by Gasteiger charge is 2.41. The van der Waals surface area contributed by atoms with Gasteiger partial charge < -0.3 is 23.7 Å². The summed E-state index contributed by atoms with van der Waals surface area (Å²) < 4.78 is 17.7. The number of carbonyl (C=O) groups is 1. The normalized spacial score (nSPS) is 13.6. The Labute approximate surface area is 167 Å². The van der Waals surface area contributed by atoms with Crippen molar-refractivity contribution in [2.24, 2.45) is 5.41 Å². The average Bonchev–Trinajstić information content (AvgIpc) is 2.62. The second-order valence-electron chi connectivity index (χ2n) is 7.76. The van der Waals surface area contributed by atoms with Crippen LogP contribution in [0.2, 0.25) is 6.04 Å². The third-order valence-corrected chi connectivity index (χ3v) is 7.61. The summed E-state index contributed by atoms with van der Waals surface area (Å²) in [5, 5.41) is 12.9. The van der Waals surface area contributed by atoms with Gasteiger partial charge in [0.2, 0.25) is 5.91 Å². The molecular formula is C20H43NO5Si. The van der Waals surface area contributed by atoms with Crippen LogP contribution in [-0.4, -0.2) is 52.3 Å². The molecule has 1 amide bonds. The molecule has 7 heteroatoms. The Balaban J connectivity index is 4.41. The summed E-state index contributed by atoms with van der Waals surface area (Å²) in [7, 11) is -2.65. The fourth-order valence-electron chi connectivity index (χ4n) is 2.89. The van der Waals surface area contributed by atoms with Gasteiger partial charge in [0.15, 0.2) is 0 Å². The molecule has 0 radical (unpaired) electrons. The van der Waals surface area contributed by atoms with Gasteiger partial charge in [-0.3, -0.25) is 4.79 Å². The Morgan fingerprint density at radius 2 is 1.59 bits per heavy atom. The molecule has 0 saturated heterocycles. The molecule has 6 nitrogen and oxygen atoms in total. The van der Waals surface area contributed by atoms with Gasteiger partial charge in [-0.25, -0.2) is 0 Å². The highest BCUT2D eigenvalue weighted by molar-refractivity contribution is 6.60. The number of rotatable bonds is 17. The molecule has 0 rings (SSSR count). The number of aliphatic hydroxyl groups is 1. The third kappa shape index (κ3) is 12.6. The Morgan fingerprint density at radius 3 is 2.07 bits per heavy atom. The minimum Gasteiger partial charge on any atom is -0.393 e. The predicted octanol–water partition coefficient (Wildman–Crippen LogP) is 3.90. The van der Waals surface area contributed by atoms with Crippen LogP contribution in [0, 0.1) is 5.41 Å². The Hall–Kier alpha value is -0.473. The van der Waals surface area contributed by atoms with E-state index >= 15 is 0 Å². The molecule has 162 valence electrons. The fourth-order valence-corrected chi connectivity index (χ4v) is 5.87. The number of hydrogen-bond acceptors (Lipinski definition) is 5. The second-order valence-corrected chi connectivity index (χ2v) is 10.5. The fraction of sp³-hybridized carbons (Fsp3) is 0.950. The van der Waals surface area contributed by atoms with E-state index in [1.165, 1.54) is 0 Å². The predicted molar refractivity (Wildman–Crippen MR) is 112 cm³/mol. The van der Waals surface area contributed by atoms with E-state index in [1.54, 1.807) is 0 Å². The van der Waals surface area contributed by atoms with Gasteiger partial charge in [-0.2, -0.15) is 0 Å². The summed E-state index contributed by atoms with van der Waals surface area (Å²) in [6.07, 6.45) is 4.21. The molecule has 1 atom stereocenters. The zero-order valence-electron chi connectivity index (χ0n) is 18.4. The summed E-state index contributed by atoms with van der Waals surface area (Å²) in [6.45, 7) is 14.5. The number of nitrogens with one attached hydrogen (secondary N) is 1. The number of unbranched alkanes of at least 4 members (excludes halogenated alkanes) is 1. The molecule has 27 heavy (non-hydrogen) atoms. The van der Waals surface area contributed by atoms with Crippen molar-refractivity contribution in [3.63, 3.8) is 0 Å². The minimum absolute atomic E-state index is 0.00144. The molecule has 0 bridgehead atoms. The van der Waals surface area contributed by atoms with E-state index in [0.29, 0.717) is 39.2 Å².